The van der Waals surface area contributed by atoms with E-state index in [4.69, 9.17) is 9.47 Å². The van der Waals surface area contributed by atoms with E-state index in [1.165, 1.54) is 6.33 Å². The van der Waals surface area contributed by atoms with Gasteiger partial charge in [0, 0.05) is 37.8 Å². The van der Waals surface area contributed by atoms with Gasteiger partial charge >= 0.3 is 5.82 Å². The second-order valence-electron chi connectivity index (χ2n) is 6.73. The molecule has 0 bridgehead atoms. The summed E-state index contributed by atoms with van der Waals surface area (Å²) in [7, 11) is 3.41. The number of aryl methyl sites for hydroxylation is 2. The smallest absolute Gasteiger partial charge is 0.406 e. The number of aromatic nitrogens is 2. The average Bonchev–Trinajstić information content (AvgIpc) is 3.01. The SMILES string of the molecule is COc1ccc(C)cc1C1(CNc2c([N+](=O)[O-])ncn2C)CCOCC1. The Morgan fingerprint density at radius 2 is 2.15 bits per heavy atom. The van der Waals surface area contributed by atoms with Gasteiger partial charge in [0.2, 0.25) is 12.1 Å². The van der Waals surface area contributed by atoms with Crippen LogP contribution in [0.5, 0.6) is 5.75 Å². The lowest BCUT2D eigenvalue weighted by Crippen LogP contribution is -2.40. The standard InChI is InChI=1S/C18H24N4O4/c1-13-4-5-15(25-3)14(10-13)18(6-8-26-9-7-18)11-19-16-17(22(23)24)20-12-21(16)2/h4-5,10,12,19H,6-9,11H2,1-3H3. The van der Waals surface area contributed by atoms with Crippen molar-refractivity contribution < 1.29 is 14.4 Å². The number of nitro groups is 1. The van der Waals surface area contributed by atoms with Gasteiger partial charge in [0.05, 0.1) is 7.11 Å². The number of nitrogens with zero attached hydrogens (tertiary/aromatic N) is 3. The van der Waals surface area contributed by atoms with Crippen molar-refractivity contribution in [3.05, 3.63) is 45.8 Å². The van der Waals surface area contributed by atoms with Crippen LogP contribution in [-0.4, -0.2) is 41.3 Å². The van der Waals surface area contributed by atoms with Gasteiger partial charge in [-0.15, -0.1) is 0 Å². The van der Waals surface area contributed by atoms with E-state index in [9.17, 15) is 10.1 Å². The highest BCUT2D eigenvalue weighted by Gasteiger charge is 2.37. The third kappa shape index (κ3) is 3.37. The Bertz CT molecular complexity index is 796. The lowest BCUT2D eigenvalue weighted by Gasteiger charge is -2.39. The quantitative estimate of drug-likeness (QED) is 0.629. The summed E-state index contributed by atoms with van der Waals surface area (Å²) in [4.78, 5) is 14.6. The molecule has 26 heavy (non-hydrogen) atoms. The van der Waals surface area contributed by atoms with Gasteiger partial charge in [-0.25, -0.2) is 0 Å². The van der Waals surface area contributed by atoms with Crippen LogP contribution in [0.2, 0.25) is 0 Å². The van der Waals surface area contributed by atoms with Crippen molar-refractivity contribution in [2.45, 2.75) is 25.2 Å². The number of benzene rings is 1. The molecule has 8 nitrogen and oxygen atoms in total. The van der Waals surface area contributed by atoms with Gasteiger partial charge in [0.15, 0.2) is 0 Å². The summed E-state index contributed by atoms with van der Waals surface area (Å²) in [6.07, 6.45) is 3.07. The zero-order chi connectivity index (χ0) is 18.7. The topological polar surface area (TPSA) is 91.5 Å². The van der Waals surface area contributed by atoms with E-state index in [0.717, 1.165) is 29.7 Å². The monoisotopic (exact) mass is 360 g/mol. The second-order valence-corrected chi connectivity index (χ2v) is 6.73. The molecule has 2 heterocycles. The Hall–Kier alpha value is -2.61. The van der Waals surface area contributed by atoms with Crippen molar-refractivity contribution in [1.29, 1.82) is 0 Å². The van der Waals surface area contributed by atoms with Crippen LogP contribution in [0, 0.1) is 17.0 Å². The second kappa shape index (κ2) is 7.33. The molecule has 0 saturated carbocycles. The molecule has 3 rings (SSSR count). The molecular weight excluding hydrogens is 336 g/mol. The van der Waals surface area contributed by atoms with E-state index in [2.05, 4.69) is 23.3 Å². The summed E-state index contributed by atoms with van der Waals surface area (Å²) < 4.78 is 12.8. The zero-order valence-electron chi connectivity index (χ0n) is 15.3. The predicted octanol–water partition coefficient (Wildman–Crippen LogP) is 2.81. The Morgan fingerprint density at radius 3 is 2.81 bits per heavy atom. The molecular formula is C18H24N4O4. The van der Waals surface area contributed by atoms with Crippen LogP contribution < -0.4 is 10.1 Å². The van der Waals surface area contributed by atoms with E-state index in [-0.39, 0.29) is 11.2 Å². The van der Waals surface area contributed by atoms with Crippen molar-refractivity contribution in [3.8, 4) is 5.75 Å². The molecule has 1 aliphatic rings. The van der Waals surface area contributed by atoms with Crippen molar-refractivity contribution in [3.63, 3.8) is 0 Å². The molecule has 0 radical (unpaired) electrons. The highest BCUT2D eigenvalue weighted by atomic mass is 16.6. The minimum absolute atomic E-state index is 0.161. The van der Waals surface area contributed by atoms with Crippen molar-refractivity contribution in [1.82, 2.24) is 9.55 Å². The maximum Gasteiger partial charge on any atom is 0.406 e. The van der Waals surface area contributed by atoms with E-state index in [1.54, 1.807) is 18.7 Å². The Balaban J connectivity index is 1.96. The van der Waals surface area contributed by atoms with Gasteiger partial charge in [0.1, 0.15) is 5.75 Å². The van der Waals surface area contributed by atoms with Gasteiger partial charge in [-0.05, 0) is 35.7 Å². The third-order valence-electron chi connectivity index (χ3n) is 5.06. The number of imidazole rings is 1. The summed E-state index contributed by atoms with van der Waals surface area (Å²) in [6.45, 7) is 3.88. The Morgan fingerprint density at radius 1 is 1.42 bits per heavy atom. The van der Waals surface area contributed by atoms with Gasteiger partial charge in [-0.2, -0.15) is 0 Å². The fourth-order valence-electron chi connectivity index (χ4n) is 3.55. The van der Waals surface area contributed by atoms with Crippen LogP contribution in [0.4, 0.5) is 11.6 Å². The summed E-state index contributed by atoms with van der Waals surface area (Å²) in [5.74, 6) is 1.08. The fraction of sp³-hybridized carbons (Fsp3) is 0.500. The number of nitrogens with one attached hydrogen (secondary N) is 1. The number of ether oxygens (including phenoxy) is 2. The number of hydrogen-bond donors (Lipinski definition) is 1. The van der Waals surface area contributed by atoms with Crippen LogP contribution in [-0.2, 0) is 17.2 Å². The van der Waals surface area contributed by atoms with Crippen molar-refractivity contribution in [2.24, 2.45) is 7.05 Å². The van der Waals surface area contributed by atoms with E-state index < -0.39 is 4.92 Å². The molecule has 1 fully saturated rings. The number of methoxy groups -OCH3 is 1. The molecule has 1 aromatic heterocycles. The summed E-state index contributed by atoms with van der Waals surface area (Å²) in [5, 5.41) is 14.5. The fourth-order valence-corrected chi connectivity index (χ4v) is 3.55. The first-order chi connectivity index (χ1) is 12.5. The van der Waals surface area contributed by atoms with Crippen LogP contribution in [0.15, 0.2) is 24.5 Å². The summed E-state index contributed by atoms with van der Waals surface area (Å²) in [6, 6.07) is 6.15. The predicted molar refractivity (Wildman–Crippen MR) is 97.8 cm³/mol. The lowest BCUT2D eigenvalue weighted by atomic mass is 9.73. The minimum Gasteiger partial charge on any atom is -0.496 e. The van der Waals surface area contributed by atoms with Gasteiger partial charge in [-0.1, -0.05) is 17.7 Å². The van der Waals surface area contributed by atoms with Crippen LogP contribution in [0.25, 0.3) is 0 Å². The zero-order valence-corrected chi connectivity index (χ0v) is 15.3. The van der Waals surface area contributed by atoms with Gasteiger partial charge in [0.25, 0.3) is 0 Å². The van der Waals surface area contributed by atoms with Gasteiger partial charge in [-0.3, -0.25) is 4.57 Å². The lowest BCUT2D eigenvalue weighted by molar-refractivity contribution is -0.388. The molecule has 0 spiro atoms. The van der Waals surface area contributed by atoms with Crippen LogP contribution in [0.1, 0.15) is 24.0 Å². The maximum atomic E-state index is 11.2. The molecule has 0 atom stereocenters. The van der Waals surface area contributed by atoms with Crippen molar-refractivity contribution in [2.75, 3.05) is 32.2 Å². The van der Waals surface area contributed by atoms with E-state index >= 15 is 0 Å². The Labute approximate surface area is 152 Å². The number of hydrogen-bond acceptors (Lipinski definition) is 6. The van der Waals surface area contributed by atoms with E-state index in [0.29, 0.717) is 25.6 Å². The highest BCUT2D eigenvalue weighted by molar-refractivity contribution is 5.53. The Kier molecular flexibility index (Phi) is 5.13. The first kappa shape index (κ1) is 18.2. The molecule has 0 aliphatic carbocycles. The highest BCUT2D eigenvalue weighted by Crippen LogP contribution is 2.41. The minimum atomic E-state index is -0.466. The maximum absolute atomic E-state index is 11.2. The average molecular weight is 360 g/mol. The number of rotatable bonds is 6. The van der Waals surface area contributed by atoms with Crippen LogP contribution in [0.3, 0.4) is 0 Å². The normalized spacial score (nSPS) is 16.3. The molecule has 1 aliphatic heterocycles. The first-order valence-corrected chi connectivity index (χ1v) is 8.59. The molecule has 2 aromatic rings. The summed E-state index contributed by atoms with van der Waals surface area (Å²) >= 11 is 0. The molecule has 0 unspecified atom stereocenters. The molecule has 1 N–H and O–H groups in total. The molecule has 1 aromatic carbocycles. The molecule has 140 valence electrons. The largest absolute Gasteiger partial charge is 0.496 e. The van der Waals surface area contributed by atoms with E-state index in [1.807, 2.05) is 12.1 Å². The molecule has 1 saturated heterocycles. The van der Waals surface area contributed by atoms with Crippen molar-refractivity contribution >= 4 is 11.6 Å². The summed E-state index contributed by atoms with van der Waals surface area (Å²) in [5.41, 5.74) is 2.03. The third-order valence-corrected chi connectivity index (χ3v) is 5.06. The van der Waals surface area contributed by atoms with Gasteiger partial charge < -0.3 is 24.9 Å². The number of anilines is 1. The van der Waals surface area contributed by atoms with Crippen LogP contribution >= 0.6 is 0 Å². The molecule has 0 amide bonds. The first-order valence-electron chi connectivity index (χ1n) is 8.59. The molecule has 8 heteroatoms.